The monoisotopic (exact) mass is 182 g/mol. The van der Waals surface area contributed by atoms with Crippen molar-refractivity contribution in [3.63, 3.8) is 0 Å². The number of hydrogen-bond acceptors (Lipinski definition) is 1. The Bertz CT molecular complexity index is 120. The summed E-state index contributed by atoms with van der Waals surface area (Å²) in [5, 5.41) is 8.30. The molecule has 0 bridgehead atoms. The van der Waals surface area contributed by atoms with Gasteiger partial charge in [-0.15, -0.1) is 12.4 Å². The van der Waals surface area contributed by atoms with Gasteiger partial charge in [0.1, 0.15) is 0 Å². The maximum atomic E-state index is 10.1. The van der Waals surface area contributed by atoms with Crippen LogP contribution >= 0.6 is 12.4 Å². The first-order valence-electron chi connectivity index (χ1n) is 3.44. The van der Waals surface area contributed by atoms with Crippen LogP contribution in [0.25, 0.3) is 0 Å². The van der Waals surface area contributed by atoms with E-state index >= 15 is 0 Å². The molecule has 0 radical (unpaired) electrons. The van der Waals surface area contributed by atoms with E-state index in [0.29, 0.717) is 0 Å². The van der Waals surface area contributed by atoms with Crippen LogP contribution in [0, 0.1) is 0 Å². The Labute approximate surface area is 74.0 Å². The predicted octanol–water partition coefficient (Wildman–Crippen LogP) is 0.979. The highest BCUT2D eigenvalue weighted by Gasteiger charge is 2.07. The lowest BCUT2D eigenvalue weighted by atomic mass is 10.3. The van der Waals surface area contributed by atoms with Gasteiger partial charge >= 0.3 is 5.97 Å². The lowest BCUT2D eigenvalue weighted by Crippen LogP contribution is -2.35. The van der Waals surface area contributed by atoms with Gasteiger partial charge < -0.3 is 9.59 Å². The second-order valence-corrected chi connectivity index (χ2v) is 3.51. The Morgan fingerprint density at radius 1 is 1.36 bits per heavy atom. The van der Waals surface area contributed by atoms with Crippen LogP contribution in [0.2, 0.25) is 0 Å². The van der Waals surface area contributed by atoms with Crippen molar-refractivity contribution in [1.82, 2.24) is 0 Å². The molecule has 0 rings (SSSR count). The molecular weight excluding hydrogens is 166 g/mol. The summed E-state index contributed by atoms with van der Waals surface area (Å²) in [6.45, 7) is 0.923. The fraction of sp³-hybridized carbons (Fsp3) is 0.857. The molecule has 0 fully saturated rings. The van der Waals surface area contributed by atoms with Gasteiger partial charge in [-0.2, -0.15) is 0 Å². The van der Waals surface area contributed by atoms with Gasteiger partial charge in [0.25, 0.3) is 0 Å². The molecule has 68 valence electrons. The number of halogens is 1. The SMILES string of the molecule is C[N+](C)(C)CCCC(=O)O.Cl. The van der Waals surface area contributed by atoms with Gasteiger partial charge in [-0.05, 0) is 0 Å². The lowest BCUT2D eigenvalue weighted by molar-refractivity contribution is -0.870. The zero-order valence-electron chi connectivity index (χ0n) is 7.33. The molecule has 11 heavy (non-hydrogen) atoms. The van der Waals surface area contributed by atoms with E-state index in [0.717, 1.165) is 17.4 Å². The van der Waals surface area contributed by atoms with Gasteiger partial charge in [0.2, 0.25) is 0 Å². The molecule has 0 aliphatic carbocycles. The topological polar surface area (TPSA) is 37.3 Å². The second-order valence-electron chi connectivity index (χ2n) is 3.51. The van der Waals surface area contributed by atoms with E-state index in [2.05, 4.69) is 21.1 Å². The zero-order valence-corrected chi connectivity index (χ0v) is 8.15. The molecule has 0 aromatic rings. The van der Waals surface area contributed by atoms with Crippen LogP contribution in [0.5, 0.6) is 0 Å². The standard InChI is InChI=1S/C7H15NO2.ClH/c1-8(2,3)6-4-5-7(9)10;/h4-6H2,1-3H3;1H/p+1. The van der Waals surface area contributed by atoms with Gasteiger partial charge in [-0.1, -0.05) is 0 Å². The largest absolute Gasteiger partial charge is 0.481 e. The number of rotatable bonds is 4. The highest BCUT2D eigenvalue weighted by atomic mass is 35.5. The molecule has 4 heteroatoms. The molecule has 0 aliphatic rings. The molecule has 0 amide bonds. The number of carbonyl (C=O) groups is 1. The second kappa shape index (κ2) is 5.38. The van der Waals surface area contributed by atoms with Crippen molar-refractivity contribution in [2.45, 2.75) is 12.8 Å². The van der Waals surface area contributed by atoms with Crippen LogP contribution in [0.3, 0.4) is 0 Å². The molecule has 0 saturated carbocycles. The van der Waals surface area contributed by atoms with Crippen molar-refractivity contribution in [1.29, 1.82) is 0 Å². The van der Waals surface area contributed by atoms with Crippen LogP contribution < -0.4 is 0 Å². The normalized spacial score (nSPS) is 10.5. The molecule has 0 aliphatic heterocycles. The van der Waals surface area contributed by atoms with Gasteiger partial charge in [-0.25, -0.2) is 0 Å². The number of quaternary nitrogens is 1. The third-order valence-electron chi connectivity index (χ3n) is 1.22. The van der Waals surface area contributed by atoms with Gasteiger partial charge in [0, 0.05) is 6.42 Å². The minimum Gasteiger partial charge on any atom is -0.481 e. The lowest BCUT2D eigenvalue weighted by Gasteiger charge is -2.23. The Kier molecular flexibility index (Phi) is 6.52. The average molecular weight is 183 g/mol. The van der Waals surface area contributed by atoms with E-state index < -0.39 is 5.97 Å². The zero-order chi connectivity index (χ0) is 8.20. The minimum atomic E-state index is -0.701. The van der Waals surface area contributed by atoms with Crippen molar-refractivity contribution >= 4 is 18.4 Å². The van der Waals surface area contributed by atoms with E-state index in [1.807, 2.05) is 0 Å². The van der Waals surface area contributed by atoms with E-state index in [1.54, 1.807) is 0 Å². The van der Waals surface area contributed by atoms with Crippen LogP contribution in [-0.4, -0.2) is 43.2 Å². The van der Waals surface area contributed by atoms with Crippen molar-refractivity contribution < 1.29 is 14.4 Å². The van der Waals surface area contributed by atoms with Crippen molar-refractivity contribution in [2.24, 2.45) is 0 Å². The molecule has 0 aromatic carbocycles. The predicted molar refractivity (Wildman–Crippen MR) is 47.0 cm³/mol. The molecule has 0 heterocycles. The Hall–Kier alpha value is -0.280. The summed E-state index contributed by atoms with van der Waals surface area (Å²) >= 11 is 0. The Morgan fingerprint density at radius 3 is 2.09 bits per heavy atom. The summed E-state index contributed by atoms with van der Waals surface area (Å²) in [5.74, 6) is -0.701. The molecule has 3 nitrogen and oxygen atoms in total. The number of nitrogens with zero attached hydrogens (tertiary/aromatic N) is 1. The summed E-state index contributed by atoms with van der Waals surface area (Å²) < 4.78 is 0.841. The molecule has 0 spiro atoms. The summed E-state index contributed by atoms with van der Waals surface area (Å²) in [5.41, 5.74) is 0. The summed E-state index contributed by atoms with van der Waals surface area (Å²) in [7, 11) is 6.17. The molecular formula is C7H17ClNO2+. The smallest absolute Gasteiger partial charge is 0.303 e. The highest BCUT2D eigenvalue weighted by molar-refractivity contribution is 5.85. The van der Waals surface area contributed by atoms with Crippen LogP contribution in [0.4, 0.5) is 0 Å². The average Bonchev–Trinajstić information content (AvgIpc) is 1.59. The summed E-state index contributed by atoms with van der Waals surface area (Å²) in [6, 6.07) is 0. The van der Waals surface area contributed by atoms with Crippen LogP contribution in [0.1, 0.15) is 12.8 Å². The summed E-state index contributed by atoms with van der Waals surface area (Å²) in [6.07, 6.45) is 1.05. The van der Waals surface area contributed by atoms with E-state index in [1.165, 1.54) is 0 Å². The minimum absolute atomic E-state index is 0. The van der Waals surface area contributed by atoms with E-state index in [9.17, 15) is 4.79 Å². The highest BCUT2D eigenvalue weighted by Crippen LogP contribution is 1.96. The maximum Gasteiger partial charge on any atom is 0.303 e. The van der Waals surface area contributed by atoms with Crippen molar-refractivity contribution in [3.8, 4) is 0 Å². The summed E-state index contributed by atoms with van der Waals surface area (Å²) in [4.78, 5) is 10.1. The fourth-order valence-corrected chi connectivity index (χ4v) is 0.705. The number of hydrogen-bond donors (Lipinski definition) is 1. The maximum absolute atomic E-state index is 10.1. The van der Waals surface area contributed by atoms with Crippen molar-refractivity contribution in [3.05, 3.63) is 0 Å². The Morgan fingerprint density at radius 2 is 1.82 bits per heavy atom. The number of carboxylic acid groups (broad SMARTS) is 1. The quantitative estimate of drug-likeness (QED) is 0.659. The molecule has 0 aromatic heterocycles. The number of aliphatic carboxylic acids is 1. The fourth-order valence-electron chi connectivity index (χ4n) is 0.705. The third kappa shape index (κ3) is 12.8. The first-order chi connectivity index (χ1) is 4.42. The van der Waals surface area contributed by atoms with Crippen LogP contribution in [0.15, 0.2) is 0 Å². The first-order valence-corrected chi connectivity index (χ1v) is 3.44. The van der Waals surface area contributed by atoms with Crippen molar-refractivity contribution in [2.75, 3.05) is 27.7 Å². The Balaban J connectivity index is 0. The molecule has 0 unspecified atom stereocenters. The first kappa shape index (κ1) is 13.3. The molecule has 1 N–H and O–H groups in total. The van der Waals surface area contributed by atoms with Crippen LogP contribution in [-0.2, 0) is 4.79 Å². The molecule has 0 saturated heterocycles. The number of carboxylic acids is 1. The van der Waals surface area contributed by atoms with E-state index in [-0.39, 0.29) is 18.8 Å². The third-order valence-corrected chi connectivity index (χ3v) is 1.22. The van der Waals surface area contributed by atoms with Gasteiger partial charge in [0.05, 0.1) is 34.1 Å². The van der Waals surface area contributed by atoms with Gasteiger partial charge in [0.15, 0.2) is 0 Å². The van der Waals surface area contributed by atoms with Gasteiger partial charge in [-0.3, -0.25) is 4.79 Å². The van der Waals surface area contributed by atoms with E-state index in [4.69, 9.17) is 5.11 Å². The molecule has 0 atom stereocenters.